The van der Waals surface area contributed by atoms with Gasteiger partial charge in [0.15, 0.2) is 28.1 Å². The van der Waals surface area contributed by atoms with E-state index in [1.54, 1.807) is 13.2 Å². The summed E-state index contributed by atoms with van der Waals surface area (Å²) in [5, 5.41) is 0. The Kier molecular flexibility index (Phi) is 13.9. The van der Waals surface area contributed by atoms with Crippen molar-refractivity contribution < 1.29 is 27.2 Å². The average molecular weight is 763 g/mol. The third kappa shape index (κ3) is 11.2. The highest BCUT2D eigenvalue weighted by Gasteiger charge is 2.45. The minimum Gasteiger partial charge on any atom is -0.493 e. The first-order valence-corrected chi connectivity index (χ1v) is 28.5. The molecule has 0 saturated heterocycles. The summed E-state index contributed by atoms with van der Waals surface area (Å²) in [6.45, 7) is 25.1. The van der Waals surface area contributed by atoms with Gasteiger partial charge >= 0.3 is 14.7 Å². The second-order valence-electron chi connectivity index (χ2n) is 17.5. The van der Waals surface area contributed by atoms with Crippen molar-refractivity contribution in [1.82, 2.24) is 0 Å². The van der Waals surface area contributed by atoms with E-state index in [0.29, 0.717) is 28.6 Å². The van der Waals surface area contributed by atoms with Gasteiger partial charge in [-0.15, -0.1) is 0 Å². The number of rotatable bonds is 16. The van der Waals surface area contributed by atoms with Gasteiger partial charge in [-0.2, -0.15) is 0 Å². The molecule has 2 unspecified atom stereocenters. The summed E-state index contributed by atoms with van der Waals surface area (Å²) in [7, 11) is -4.27. The van der Waals surface area contributed by atoms with Gasteiger partial charge in [0.25, 0.3) is 0 Å². The van der Waals surface area contributed by atoms with E-state index in [1.165, 1.54) is 30.0 Å². The Morgan fingerprint density at radius 2 is 1.38 bits per heavy atom. The van der Waals surface area contributed by atoms with Crippen molar-refractivity contribution in [1.29, 1.82) is 0 Å². The summed E-state index contributed by atoms with van der Waals surface area (Å²) in [4.78, 5) is 13.1. The van der Waals surface area contributed by atoms with Gasteiger partial charge in [-0.25, -0.2) is 4.79 Å². The molecule has 3 aromatic rings. The zero-order valence-electron chi connectivity index (χ0n) is 34.2. The van der Waals surface area contributed by atoms with E-state index in [1.807, 2.05) is 25.1 Å². The lowest BCUT2D eigenvalue weighted by molar-refractivity contribution is 0.107. The Hall–Kier alpha value is -2.70. The minimum atomic E-state index is -2.22. The Morgan fingerprint density at radius 3 is 1.98 bits per heavy atom. The smallest absolute Gasteiger partial charge is 0.493 e. The molecule has 3 aromatic carbocycles. The molecule has 0 spiro atoms. The number of unbranched alkanes of at least 4 members (excludes halogenated alkanes) is 1. The van der Waals surface area contributed by atoms with Crippen molar-refractivity contribution in [2.45, 2.75) is 136 Å². The monoisotopic (exact) mass is 762 g/mol. The van der Waals surface area contributed by atoms with Crippen molar-refractivity contribution in [3.05, 3.63) is 89.0 Å². The number of methoxy groups -OCH3 is 1. The molecule has 0 heterocycles. The fourth-order valence-corrected chi connectivity index (χ4v) is 22.4. The summed E-state index contributed by atoms with van der Waals surface area (Å²) >= 11 is 0. The standard InChI is InChI=1S/C43H66O6Si3/c1-13-14-28-50(7,8)48-52(11,12)49-51(9,10)29-18-19-35-22-24-39(40(31-35)45-6)47-41(44)46-38-25-23-37(30-33(38)2)43(36-20-16-15-17-21-36)27-26-42(4,5)34(3)32-43/h15-17,20-25,30-31,34H,13-14,18-19,26-29,32H2,1-12H3. The zero-order chi connectivity index (χ0) is 38.4. The molecular weight excluding hydrogens is 697 g/mol. The molecule has 0 amide bonds. The summed E-state index contributed by atoms with van der Waals surface area (Å²) in [5.41, 5.74) is 4.86. The number of carbonyl (C=O) groups is 1. The van der Waals surface area contributed by atoms with Crippen molar-refractivity contribution in [3.63, 3.8) is 0 Å². The molecule has 0 aromatic heterocycles. The average Bonchev–Trinajstić information content (AvgIpc) is 3.06. The lowest BCUT2D eigenvalue weighted by Gasteiger charge is -2.48. The molecule has 6 nitrogen and oxygen atoms in total. The van der Waals surface area contributed by atoms with Crippen LogP contribution < -0.4 is 14.2 Å². The molecule has 1 saturated carbocycles. The number of benzene rings is 3. The molecule has 4 rings (SSSR count). The van der Waals surface area contributed by atoms with Crippen molar-refractivity contribution in [2.24, 2.45) is 11.3 Å². The summed E-state index contributed by atoms with van der Waals surface area (Å²) in [6.07, 6.45) is 6.82. The minimum absolute atomic E-state index is 0.0840. The predicted molar refractivity (Wildman–Crippen MR) is 222 cm³/mol. The van der Waals surface area contributed by atoms with E-state index in [9.17, 15) is 4.79 Å². The highest BCUT2D eigenvalue weighted by molar-refractivity contribution is 6.87. The quantitative estimate of drug-likeness (QED) is 0.0822. The molecule has 0 radical (unpaired) electrons. The molecule has 9 heteroatoms. The summed E-state index contributed by atoms with van der Waals surface area (Å²) < 4.78 is 30.7. The normalized spacial score (nSPS) is 19.3. The number of ether oxygens (including phenoxy) is 3. The van der Waals surface area contributed by atoms with Crippen LogP contribution in [0.4, 0.5) is 4.79 Å². The Balaban J connectivity index is 1.37. The van der Waals surface area contributed by atoms with Gasteiger partial charge in [-0.1, -0.05) is 89.1 Å². The van der Waals surface area contributed by atoms with Gasteiger partial charge in [0.05, 0.1) is 7.11 Å². The van der Waals surface area contributed by atoms with Gasteiger partial charge in [-0.05, 0) is 142 Å². The van der Waals surface area contributed by atoms with Crippen molar-refractivity contribution in [3.8, 4) is 17.2 Å². The highest BCUT2D eigenvalue weighted by Crippen LogP contribution is 2.53. The molecule has 1 aliphatic rings. The van der Waals surface area contributed by atoms with Crippen LogP contribution >= 0.6 is 0 Å². The number of hydrogen-bond acceptors (Lipinski definition) is 6. The summed E-state index contributed by atoms with van der Waals surface area (Å²) in [6, 6.07) is 25.1. The number of aryl methyl sites for hydroxylation is 2. The molecule has 1 fully saturated rings. The SMILES string of the molecule is CCCC[Si](C)(C)O[Si](C)(C)O[Si](C)(C)CCCc1ccc(OC(=O)Oc2ccc(C3(c4ccccc4)CCC(C)(C)C(C)C3)cc2C)c(OC)c1. The van der Waals surface area contributed by atoms with Gasteiger partial charge in [0, 0.05) is 5.41 Å². The fourth-order valence-electron chi connectivity index (χ4n) is 8.12. The van der Waals surface area contributed by atoms with Crippen LogP contribution in [0.1, 0.15) is 88.5 Å². The molecule has 1 aliphatic carbocycles. The largest absolute Gasteiger partial charge is 0.519 e. The van der Waals surface area contributed by atoms with Crippen molar-refractivity contribution >= 4 is 31.4 Å². The van der Waals surface area contributed by atoms with E-state index >= 15 is 0 Å². The maximum Gasteiger partial charge on any atom is 0.519 e. The Labute approximate surface area is 318 Å². The number of carbonyl (C=O) groups excluding carboxylic acids is 1. The second kappa shape index (κ2) is 17.2. The van der Waals surface area contributed by atoms with Crippen LogP contribution in [0.3, 0.4) is 0 Å². The lowest BCUT2D eigenvalue weighted by Crippen LogP contribution is -2.52. The first kappa shape index (κ1) is 42.0. The van der Waals surface area contributed by atoms with Crippen LogP contribution in [-0.2, 0) is 20.1 Å². The number of hydrogen-bond donors (Lipinski definition) is 0. The van der Waals surface area contributed by atoms with Gasteiger partial charge in [0.1, 0.15) is 5.75 Å². The predicted octanol–water partition coefficient (Wildman–Crippen LogP) is 12.6. The van der Waals surface area contributed by atoms with Crippen LogP contribution in [0.5, 0.6) is 17.2 Å². The fraction of sp³-hybridized carbons (Fsp3) is 0.558. The molecule has 2 atom stereocenters. The van der Waals surface area contributed by atoms with Gasteiger partial charge < -0.3 is 22.4 Å². The first-order chi connectivity index (χ1) is 24.3. The van der Waals surface area contributed by atoms with E-state index in [2.05, 4.69) is 109 Å². The Bertz CT molecular complexity index is 1640. The zero-order valence-corrected chi connectivity index (χ0v) is 37.2. The third-order valence-electron chi connectivity index (χ3n) is 11.3. The van der Waals surface area contributed by atoms with E-state index in [-0.39, 0.29) is 5.41 Å². The molecular formula is C43H66O6Si3. The molecule has 0 aliphatic heterocycles. The van der Waals surface area contributed by atoms with Crippen LogP contribution in [0.25, 0.3) is 0 Å². The van der Waals surface area contributed by atoms with Crippen molar-refractivity contribution in [2.75, 3.05) is 7.11 Å². The highest BCUT2D eigenvalue weighted by atomic mass is 28.5. The van der Waals surface area contributed by atoms with E-state index in [0.717, 1.165) is 49.3 Å². The van der Waals surface area contributed by atoms with E-state index in [4.69, 9.17) is 22.4 Å². The van der Waals surface area contributed by atoms with Crippen LogP contribution in [0.2, 0.25) is 51.4 Å². The van der Waals surface area contributed by atoms with Crippen LogP contribution in [0, 0.1) is 18.3 Å². The summed E-state index contributed by atoms with van der Waals surface area (Å²) in [5.74, 6) is 1.90. The third-order valence-corrected chi connectivity index (χ3v) is 22.7. The van der Waals surface area contributed by atoms with Crippen LogP contribution in [0.15, 0.2) is 66.7 Å². The lowest BCUT2D eigenvalue weighted by atomic mass is 9.55. The first-order valence-electron chi connectivity index (χ1n) is 19.4. The molecule has 0 N–H and O–H groups in total. The van der Waals surface area contributed by atoms with Gasteiger partial charge in [0.2, 0.25) is 0 Å². The topological polar surface area (TPSA) is 63.2 Å². The molecule has 0 bridgehead atoms. The molecule has 52 heavy (non-hydrogen) atoms. The maximum atomic E-state index is 13.1. The second-order valence-corrected chi connectivity index (χ2v) is 30.0. The van der Waals surface area contributed by atoms with Gasteiger partial charge in [-0.3, -0.25) is 0 Å². The molecule has 286 valence electrons. The van der Waals surface area contributed by atoms with Crippen LogP contribution in [-0.4, -0.2) is 38.5 Å². The van der Waals surface area contributed by atoms with E-state index < -0.39 is 31.4 Å². The maximum absolute atomic E-state index is 13.1. The Morgan fingerprint density at radius 1 is 0.769 bits per heavy atom.